The molecule has 1 aliphatic rings. The third-order valence-corrected chi connectivity index (χ3v) is 1.58. The number of hydrogen-bond acceptors (Lipinski definition) is 4. The summed E-state index contributed by atoms with van der Waals surface area (Å²) < 4.78 is 0. The average molecular weight is 174 g/mol. The molecular formula is C6H10N2O4. The Morgan fingerprint density at radius 2 is 2.33 bits per heavy atom. The molecule has 0 unspecified atom stereocenters. The fourth-order valence-electron chi connectivity index (χ4n) is 1.05. The second kappa shape index (κ2) is 3.91. The maximum atomic E-state index is 10.9. The first-order chi connectivity index (χ1) is 5.70. The van der Waals surface area contributed by atoms with Crippen molar-refractivity contribution in [3.63, 3.8) is 0 Å². The number of carbonyl (C=O) groups excluding carboxylic acids is 1. The van der Waals surface area contributed by atoms with Crippen LogP contribution >= 0.6 is 0 Å². The summed E-state index contributed by atoms with van der Waals surface area (Å²) in [5.41, 5.74) is 1.55. The predicted molar refractivity (Wildman–Crippen MR) is 38.3 cm³/mol. The van der Waals surface area contributed by atoms with Crippen molar-refractivity contribution in [1.29, 1.82) is 0 Å². The Kier molecular flexibility index (Phi) is 2.87. The first-order valence-electron chi connectivity index (χ1n) is 3.63. The van der Waals surface area contributed by atoms with Crippen molar-refractivity contribution in [2.45, 2.75) is 18.9 Å². The molecule has 1 aliphatic heterocycles. The van der Waals surface area contributed by atoms with Crippen molar-refractivity contribution in [2.24, 2.45) is 0 Å². The van der Waals surface area contributed by atoms with E-state index in [0.717, 1.165) is 13.0 Å². The number of hydroxylamine groups is 1. The minimum absolute atomic E-state index is 0.364. The van der Waals surface area contributed by atoms with E-state index in [4.69, 9.17) is 5.11 Å². The molecule has 6 heteroatoms. The number of carboxylic acid groups (broad SMARTS) is 1. The van der Waals surface area contributed by atoms with Crippen LogP contribution in [-0.2, 0) is 9.63 Å². The van der Waals surface area contributed by atoms with Crippen LogP contribution in [0.1, 0.15) is 12.8 Å². The van der Waals surface area contributed by atoms with E-state index in [9.17, 15) is 9.59 Å². The van der Waals surface area contributed by atoms with Crippen LogP contribution in [0.4, 0.5) is 4.79 Å². The van der Waals surface area contributed by atoms with E-state index >= 15 is 0 Å². The van der Waals surface area contributed by atoms with Crippen LogP contribution in [0, 0.1) is 0 Å². The molecule has 1 atom stereocenters. The molecule has 0 aliphatic carbocycles. The Balaban J connectivity index is 2.23. The summed E-state index contributed by atoms with van der Waals surface area (Å²) in [5, 5.41) is 11.0. The van der Waals surface area contributed by atoms with Crippen molar-refractivity contribution in [3.8, 4) is 0 Å². The Hall–Kier alpha value is -1.30. The van der Waals surface area contributed by atoms with Gasteiger partial charge in [-0.25, -0.2) is 9.59 Å². The van der Waals surface area contributed by atoms with E-state index in [2.05, 4.69) is 10.2 Å². The van der Waals surface area contributed by atoms with Gasteiger partial charge in [0.2, 0.25) is 0 Å². The molecule has 3 N–H and O–H groups in total. The van der Waals surface area contributed by atoms with E-state index in [1.807, 2.05) is 0 Å². The lowest BCUT2D eigenvalue weighted by Gasteiger charge is -2.07. The van der Waals surface area contributed by atoms with Gasteiger partial charge in [-0.2, -0.15) is 0 Å². The monoisotopic (exact) mass is 174 g/mol. The summed E-state index contributed by atoms with van der Waals surface area (Å²) in [4.78, 5) is 25.1. The van der Waals surface area contributed by atoms with Gasteiger partial charge >= 0.3 is 12.1 Å². The fraction of sp³-hybridized carbons (Fsp3) is 0.667. The molecule has 1 saturated heterocycles. The van der Waals surface area contributed by atoms with Gasteiger partial charge in [0.1, 0.15) is 6.04 Å². The standard InChI is InChI=1S/C6H10N2O4/c9-5(12-8-6(10)11)4-2-1-3-7-4/h4,7-8H,1-3H2,(H,10,11)/t4-/m0/s1. The predicted octanol–water partition coefficient (Wildman–Crippen LogP) is -0.536. The molecule has 6 nitrogen and oxygen atoms in total. The number of amides is 1. The molecular weight excluding hydrogens is 164 g/mol. The first kappa shape index (κ1) is 8.79. The minimum Gasteiger partial charge on any atom is -0.463 e. The van der Waals surface area contributed by atoms with Crippen LogP contribution in [-0.4, -0.2) is 29.8 Å². The lowest BCUT2D eigenvalue weighted by Crippen LogP contribution is -2.37. The van der Waals surface area contributed by atoms with Gasteiger partial charge in [-0.1, -0.05) is 0 Å². The van der Waals surface area contributed by atoms with E-state index < -0.39 is 12.1 Å². The Bertz CT molecular complexity index is 188. The maximum Gasteiger partial charge on any atom is 0.438 e. The van der Waals surface area contributed by atoms with Crippen molar-refractivity contribution in [2.75, 3.05) is 6.54 Å². The normalized spacial score (nSPS) is 21.8. The molecule has 68 valence electrons. The minimum atomic E-state index is -1.37. The van der Waals surface area contributed by atoms with E-state index in [0.29, 0.717) is 6.42 Å². The Labute approximate surface area is 68.8 Å². The van der Waals surface area contributed by atoms with Crippen LogP contribution in [0.5, 0.6) is 0 Å². The largest absolute Gasteiger partial charge is 0.463 e. The van der Waals surface area contributed by atoms with Gasteiger partial charge in [0.15, 0.2) is 0 Å². The number of nitrogens with one attached hydrogen (secondary N) is 2. The number of rotatable bonds is 1. The molecule has 1 fully saturated rings. The summed E-state index contributed by atoms with van der Waals surface area (Å²) >= 11 is 0. The summed E-state index contributed by atoms with van der Waals surface area (Å²) in [7, 11) is 0. The van der Waals surface area contributed by atoms with Crippen molar-refractivity contribution in [3.05, 3.63) is 0 Å². The summed E-state index contributed by atoms with van der Waals surface area (Å²) in [6.07, 6.45) is 0.230. The molecule has 1 rings (SSSR count). The van der Waals surface area contributed by atoms with Gasteiger partial charge < -0.3 is 15.3 Å². The SMILES string of the molecule is O=C(O)NOC(=O)[C@@H]1CCCN1. The van der Waals surface area contributed by atoms with Gasteiger partial charge in [-0.3, -0.25) is 0 Å². The highest BCUT2D eigenvalue weighted by Gasteiger charge is 2.24. The van der Waals surface area contributed by atoms with Crippen LogP contribution in [0.15, 0.2) is 0 Å². The summed E-state index contributed by atoms with van der Waals surface area (Å²) in [6, 6.07) is -0.364. The molecule has 0 spiro atoms. The molecule has 0 aromatic rings. The smallest absolute Gasteiger partial charge is 0.438 e. The van der Waals surface area contributed by atoms with Gasteiger partial charge in [-0.05, 0) is 19.4 Å². The molecule has 0 aromatic heterocycles. The zero-order valence-electron chi connectivity index (χ0n) is 6.37. The third-order valence-electron chi connectivity index (χ3n) is 1.58. The zero-order chi connectivity index (χ0) is 8.97. The van der Waals surface area contributed by atoms with Crippen LogP contribution in [0.3, 0.4) is 0 Å². The van der Waals surface area contributed by atoms with Crippen LogP contribution in [0.25, 0.3) is 0 Å². The maximum absolute atomic E-state index is 10.9. The Morgan fingerprint density at radius 1 is 1.58 bits per heavy atom. The van der Waals surface area contributed by atoms with Crippen molar-refractivity contribution >= 4 is 12.1 Å². The molecule has 1 heterocycles. The Morgan fingerprint density at radius 3 is 2.83 bits per heavy atom. The molecule has 0 saturated carbocycles. The molecule has 0 bridgehead atoms. The molecule has 0 aromatic carbocycles. The number of carbonyl (C=O) groups is 2. The number of hydrogen-bond donors (Lipinski definition) is 3. The van der Waals surface area contributed by atoms with E-state index in [-0.39, 0.29) is 6.04 Å². The van der Waals surface area contributed by atoms with Crippen molar-refractivity contribution in [1.82, 2.24) is 10.8 Å². The third kappa shape index (κ3) is 2.39. The lowest BCUT2D eigenvalue weighted by atomic mass is 10.2. The quantitative estimate of drug-likeness (QED) is 0.465. The van der Waals surface area contributed by atoms with E-state index in [1.54, 1.807) is 5.48 Å². The lowest BCUT2D eigenvalue weighted by molar-refractivity contribution is -0.151. The topological polar surface area (TPSA) is 87.7 Å². The van der Waals surface area contributed by atoms with Gasteiger partial charge in [0.05, 0.1) is 0 Å². The molecule has 12 heavy (non-hydrogen) atoms. The second-order valence-electron chi connectivity index (χ2n) is 2.48. The molecule has 1 amide bonds. The van der Waals surface area contributed by atoms with Gasteiger partial charge in [-0.15, -0.1) is 5.48 Å². The van der Waals surface area contributed by atoms with Crippen LogP contribution in [0.2, 0.25) is 0 Å². The van der Waals surface area contributed by atoms with Crippen LogP contribution < -0.4 is 10.8 Å². The summed E-state index contributed by atoms with van der Waals surface area (Å²) in [5.74, 6) is -0.574. The second-order valence-corrected chi connectivity index (χ2v) is 2.48. The highest BCUT2D eigenvalue weighted by atomic mass is 16.7. The zero-order valence-corrected chi connectivity index (χ0v) is 6.37. The fourth-order valence-corrected chi connectivity index (χ4v) is 1.05. The van der Waals surface area contributed by atoms with Crippen molar-refractivity contribution < 1.29 is 19.5 Å². The first-order valence-corrected chi connectivity index (χ1v) is 3.63. The van der Waals surface area contributed by atoms with Gasteiger partial charge in [0, 0.05) is 0 Å². The van der Waals surface area contributed by atoms with Gasteiger partial charge in [0.25, 0.3) is 0 Å². The average Bonchev–Trinajstić information content (AvgIpc) is 2.51. The summed E-state index contributed by atoms with van der Waals surface area (Å²) in [6.45, 7) is 0.771. The van der Waals surface area contributed by atoms with E-state index in [1.165, 1.54) is 0 Å². The molecule has 0 radical (unpaired) electrons. The highest BCUT2D eigenvalue weighted by molar-refractivity contribution is 5.77. The highest BCUT2D eigenvalue weighted by Crippen LogP contribution is 2.05.